The van der Waals surface area contributed by atoms with E-state index in [1.165, 1.54) is 5.69 Å². The summed E-state index contributed by atoms with van der Waals surface area (Å²) in [4.78, 5) is 2.26. The van der Waals surface area contributed by atoms with Crippen molar-refractivity contribution < 1.29 is 5.11 Å². The Labute approximate surface area is 107 Å². The Morgan fingerprint density at radius 1 is 1.22 bits per heavy atom. The van der Waals surface area contributed by atoms with E-state index in [1.807, 2.05) is 42.2 Å². The van der Waals surface area contributed by atoms with Gasteiger partial charge in [0.25, 0.3) is 0 Å². The second kappa shape index (κ2) is 6.21. The zero-order valence-electron chi connectivity index (χ0n) is 10.7. The van der Waals surface area contributed by atoms with Crippen molar-refractivity contribution in [1.29, 1.82) is 0 Å². The minimum Gasteiger partial charge on any atom is -0.396 e. The third-order valence-corrected chi connectivity index (χ3v) is 2.98. The van der Waals surface area contributed by atoms with E-state index in [0.717, 1.165) is 25.2 Å². The van der Waals surface area contributed by atoms with Crippen molar-refractivity contribution in [3.8, 4) is 0 Å². The van der Waals surface area contributed by atoms with Crippen molar-refractivity contribution in [2.75, 3.05) is 18.1 Å². The lowest BCUT2D eigenvalue weighted by Gasteiger charge is -2.24. The SMILES string of the molecule is Cn1nccc1CN(CCCO)c1ccccc1. The van der Waals surface area contributed by atoms with Gasteiger partial charge in [0.2, 0.25) is 0 Å². The highest BCUT2D eigenvalue weighted by atomic mass is 16.3. The molecule has 0 bridgehead atoms. The molecule has 2 aromatic rings. The molecule has 0 saturated carbocycles. The zero-order valence-corrected chi connectivity index (χ0v) is 10.7. The van der Waals surface area contributed by atoms with Crippen molar-refractivity contribution in [2.45, 2.75) is 13.0 Å². The van der Waals surface area contributed by atoms with E-state index in [9.17, 15) is 0 Å². The van der Waals surface area contributed by atoms with E-state index in [-0.39, 0.29) is 6.61 Å². The van der Waals surface area contributed by atoms with E-state index in [2.05, 4.69) is 22.1 Å². The van der Waals surface area contributed by atoms with Gasteiger partial charge in [-0.2, -0.15) is 5.10 Å². The van der Waals surface area contributed by atoms with Gasteiger partial charge in [-0.25, -0.2) is 0 Å². The molecular formula is C14H19N3O. The van der Waals surface area contributed by atoms with Crippen LogP contribution < -0.4 is 4.90 Å². The second-order valence-electron chi connectivity index (χ2n) is 4.28. The van der Waals surface area contributed by atoms with Crippen molar-refractivity contribution in [2.24, 2.45) is 7.05 Å². The summed E-state index contributed by atoms with van der Waals surface area (Å²) in [5.74, 6) is 0. The highest BCUT2D eigenvalue weighted by molar-refractivity contribution is 5.46. The number of aliphatic hydroxyl groups is 1. The van der Waals surface area contributed by atoms with Crippen LogP contribution in [0.3, 0.4) is 0 Å². The Morgan fingerprint density at radius 3 is 2.61 bits per heavy atom. The summed E-state index contributed by atoms with van der Waals surface area (Å²) in [6.07, 6.45) is 2.58. The topological polar surface area (TPSA) is 41.3 Å². The maximum absolute atomic E-state index is 9.00. The van der Waals surface area contributed by atoms with Gasteiger partial charge in [-0.15, -0.1) is 0 Å². The molecule has 0 aliphatic heterocycles. The largest absolute Gasteiger partial charge is 0.396 e. The Balaban J connectivity index is 2.13. The molecule has 0 aliphatic carbocycles. The molecule has 96 valence electrons. The molecule has 1 aromatic heterocycles. The standard InChI is InChI=1S/C14H19N3O/c1-16-14(8-9-15-16)12-17(10-5-11-18)13-6-3-2-4-7-13/h2-4,6-9,18H,5,10-12H2,1H3. The van der Waals surface area contributed by atoms with Crippen LogP contribution in [0.25, 0.3) is 0 Å². The Hall–Kier alpha value is -1.81. The Bertz CT molecular complexity index is 467. The predicted octanol–water partition coefficient (Wildman–Crippen LogP) is 1.81. The van der Waals surface area contributed by atoms with Crippen LogP contribution in [0.4, 0.5) is 5.69 Å². The quantitative estimate of drug-likeness (QED) is 0.844. The molecule has 4 nitrogen and oxygen atoms in total. The smallest absolute Gasteiger partial charge is 0.0598 e. The van der Waals surface area contributed by atoms with Gasteiger partial charge in [-0.05, 0) is 24.6 Å². The number of hydrogen-bond acceptors (Lipinski definition) is 3. The van der Waals surface area contributed by atoms with Crippen LogP contribution in [-0.4, -0.2) is 28.0 Å². The molecule has 0 atom stereocenters. The molecule has 0 fully saturated rings. The van der Waals surface area contributed by atoms with Crippen LogP contribution in [-0.2, 0) is 13.6 Å². The summed E-state index contributed by atoms with van der Waals surface area (Å²) in [7, 11) is 1.95. The third kappa shape index (κ3) is 3.11. The van der Waals surface area contributed by atoms with E-state index in [1.54, 1.807) is 0 Å². The average molecular weight is 245 g/mol. The van der Waals surface area contributed by atoms with Gasteiger partial charge in [0.1, 0.15) is 0 Å². The van der Waals surface area contributed by atoms with Crippen LogP contribution in [0.5, 0.6) is 0 Å². The predicted molar refractivity (Wildman–Crippen MR) is 72.4 cm³/mol. The van der Waals surface area contributed by atoms with Gasteiger partial charge in [0.15, 0.2) is 0 Å². The third-order valence-electron chi connectivity index (χ3n) is 2.98. The first kappa shape index (κ1) is 12.6. The number of nitrogens with zero attached hydrogens (tertiary/aromatic N) is 3. The number of anilines is 1. The fourth-order valence-electron chi connectivity index (χ4n) is 1.95. The van der Waals surface area contributed by atoms with Crippen molar-refractivity contribution >= 4 is 5.69 Å². The van der Waals surface area contributed by atoms with Crippen molar-refractivity contribution in [1.82, 2.24) is 9.78 Å². The van der Waals surface area contributed by atoms with Crippen LogP contribution in [0.2, 0.25) is 0 Å². The number of aliphatic hydroxyl groups excluding tert-OH is 1. The van der Waals surface area contributed by atoms with E-state index < -0.39 is 0 Å². The molecule has 2 rings (SSSR count). The number of aryl methyl sites for hydroxylation is 1. The monoisotopic (exact) mass is 245 g/mol. The molecule has 1 heterocycles. The summed E-state index contributed by atoms with van der Waals surface area (Å²) in [6.45, 7) is 1.86. The van der Waals surface area contributed by atoms with Crippen LogP contribution in [0.1, 0.15) is 12.1 Å². The minimum atomic E-state index is 0.217. The molecular weight excluding hydrogens is 226 g/mol. The number of benzene rings is 1. The summed E-state index contributed by atoms with van der Waals surface area (Å²) >= 11 is 0. The first-order valence-corrected chi connectivity index (χ1v) is 6.19. The summed E-state index contributed by atoms with van der Waals surface area (Å²) in [5.41, 5.74) is 2.34. The fourth-order valence-corrected chi connectivity index (χ4v) is 1.95. The van der Waals surface area contributed by atoms with E-state index in [0.29, 0.717) is 0 Å². The van der Waals surface area contributed by atoms with E-state index >= 15 is 0 Å². The summed E-state index contributed by atoms with van der Waals surface area (Å²) in [5, 5.41) is 13.2. The molecule has 1 N–H and O–H groups in total. The molecule has 0 unspecified atom stereocenters. The highest BCUT2D eigenvalue weighted by Crippen LogP contribution is 2.16. The number of hydrogen-bond donors (Lipinski definition) is 1. The van der Waals surface area contributed by atoms with Gasteiger partial charge in [-0.3, -0.25) is 4.68 Å². The van der Waals surface area contributed by atoms with Gasteiger partial charge >= 0.3 is 0 Å². The number of aromatic nitrogens is 2. The summed E-state index contributed by atoms with van der Waals surface area (Å²) < 4.78 is 1.88. The minimum absolute atomic E-state index is 0.217. The molecule has 0 spiro atoms. The first-order valence-electron chi connectivity index (χ1n) is 6.19. The molecule has 18 heavy (non-hydrogen) atoms. The second-order valence-corrected chi connectivity index (χ2v) is 4.28. The van der Waals surface area contributed by atoms with E-state index in [4.69, 9.17) is 5.11 Å². The molecule has 0 saturated heterocycles. The maximum atomic E-state index is 9.00. The molecule has 1 aromatic carbocycles. The normalized spacial score (nSPS) is 10.6. The Morgan fingerprint density at radius 2 is 2.00 bits per heavy atom. The van der Waals surface area contributed by atoms with Crippen molar-refractivity contribution in [3.05, 3.63) is 48.3 Å². The lowest BCUT2D eigenvalue weighted by atomic mass is 10.2. The van der Waals surface area contributed by atoms with Crippen LogP contribution in [0, 0.1) is 0 Å². The van der Waals surface area contributed by atoms with Gasteiger partial charge in [-0.1, -0.05) is 18.2 Å². The van der Waals surface area contributed by atoms with Crippen LogP contribution in [0.15, 0.2) is 42.6 Å². The van der Waals surface area contributed by atoms with Gasteiger partial charge in [0.05, 0.1) is 12.2 Å². The highest BCUT2D eigenvalue weighted by Gasteiger charge is 2.08. The first-order chi connectivity index (χ1) is 8.81. The van der Waals surface area contributed by atoms with Crippen molar-refractivity contribution in [3.63, 3.8) is 0 Å². The number of para-hydroxylation sites is 1. The fraction of sp³-hybridized carbons (Fsp3) is 0.357. The average Bonchev–Trinajstić information content (AvgIpc) is 2.81. The molecule has 4 heteroatoms. The lowest BCUT2D eigenvalue weighted by Crippen LogP contribution is -2.25. The Kier molecular flexibility index (Phi) is 4.36. The lowest BCUT2D eigenvalue weighted by molar-refractivity contribution is 0.289. The maximum Gasteiger partial charge on any atom is 0.0598 e. The number of rotatable bonds is 6. The van der Waals surface area contributed by atoms with Crippen LogP contribution >= 0.6 is 0 Å². The van der Waals surface area contributed by atoms with Gasteiger partial charge in [0, 0.05) is 32.1 Å². The molecule has 0 radical (unpaired) electrons. The zero-order chi connectivity index (χ0) is 12.8. The molecule has 0 aliphatic rings. The summed E-state index contributed by atoms with van der Waals surface area (Å²) in [6, 6.07) is 12.3. The molecule has 0 amide bonds. The van der Waals surface area contributed by atoms with Gasteiger partial charge < -0.3 is 10.0 Å².